The van der Waals surface area contributed by atoms with Crippen molar-refractivity contribution in [3.63, 3.8) is 0 Å². The number of benzene rings is 1. The Kier molecular flexibility index (Phi) is 7.26. The molecule has 1 aliphatic heterocycles. The van der Waals surface area contributed by atoms with Gasteiger partial charge >= 0.3 is 0 Å². The Bertz CT molecular complexity index is 1110. The molecular formula is C22H29ClN8O2. The Morgan fingerprint density at radius 2 is 2.03 bits per heavy atom. The molecule has 1 fully saturated rings. The van der Waals surface area contributed by atoms with Crippen LogP contribution in [-0.2, 0) is 6.54 Å². The molecular weight excluding hydrogens is 444 g/mol. The zero-order chi connectivity index (χ0) is 23.4. The molecule has 176 valence electrons. The molecule has 0 saturated carbocycles. The second-order valence-corrected chi connectivity index (χ2v) is 8.69. The molecule has 0 bridgehead atoms. The Labute approximate surface area is 197 Å². The summed E-state index contributed by atoms with van der Waals surface area (Å²) in [5, 5.41) is 12.0. The van der Waals surface area contributed by atoms with Crippen LogP contribution < -0.4 is 15.5 Å². The average Bonchev–Trinajstić information content (AvgIpc) is 3.21. The number of anilines is 2. The number of para-hydroxylation sites is 1. The lowest BCUT2D eigenvalue weighted by Crippen LogP contribution is -2.44. The molecule has 0 amide bonds. The topological polar surface area (TPSA) is 120 Å². The number of nitro benzene ring substituents is 1. The number of nitrogens with one attached hydrogen (secondary N) is 1. The summed E-state index contributed by atoms with van der Waals surface area (Å²) in [5.74, 6) is 0.682. The summed E-state index contributed by atoms with van der Waals surface area (Å²) >= 11 is 6.44. The average molecular weight is 473 g/mol. The molecule has 1 aromatic carbocycles. The summed E-state index contributed by atoms with van der Waals surface area (Å²) in [7, 11) is 2.13. The predicted molar refractivity (Wildman–Crippen MR) is 131 cm³/mol. The van der Waals surface area contributed by atoms with Gasteiger partial charge in [0.15, 0.2) is 5.65 Å². The SMILES string of the molecule is CN1CCN(c2ccnc3nc(CN(CCCCN)c4c(Cl)cccc4[N+](=O)[O-])[nH]c23)CC1. The van der Waals surface area contributed by atoms with Gasteiger partial charge in [-0.3, -0.25) is 10.1 Å². The monoisotopic (exact) mass is 472 g/mol. The number of fused-ring (bicyclic) bond motifs is 1. The first kappa shape index (κ1) is 23.2. The molecule has 0 radical (unpaired) electrons. The van der Waals surface area contributed by atoms with Crippen LogP contribution in [0.4, 0.5) is 17.1 Å². The normalized spacial score (nSPS) is 14.7. The fourth-order valence-corrected chi connectivity index (χ4v) is 4.48. The molecule has 3 aromatic rings. The van der Waals surface area contributed by atoms with E-state index in [9.17, 15) is 10.1 Å². The molecule has 2 aromatic heterocycles. The number of nitrogens with zero attached hydrogens (tertiary/aromatic N) is 6. The molecule has 10 nitrogen and oxygen atoms in total. The van der Waals surface area contributed by atoms with E-state index in [4.69, 9.17) is 22.3 Å². The van der Waals surface area contributed by atoms with Crippen molar-refractivity contribution in [2.75, 3.05) is 56.1 Å². The highest BCUT2D eigenvalue weighted by Crippen LogP contribution is 2.36. The zero-order valence-corrected chi connectivity index (χ0v) is 19.5. The van der Waals surface area contributed by atoms with Crippen LogP contribution in [0.3, 0.4) is 0 Å². The first-order valence-corrected chi connectivity index (χ1v) is 11.5. The quantitative estimate of drug-likeness (QED) is 0.277. The fourth-order valence-electron chi connectivity index (χ4n) is 4.19. The number of aromatic amines is 1. The molecule has 11 heteroatoms. The maximum absolute atomic E-state index is 11.7. The molecule has 1 saturated heterocycles. The molecule has 4 rings (SSSR count). The van der Waals surface area contributed by atoms with E-state index in [0.717, 1.165) is 50.2 Å². The number of pyridine rings is 1. The Balaban J connectivity index is 1.66. The van der Waals surface area contributed by atoms with Gasteiger partial charge in [0.2, 0.25) is 0 Å². The van der Waals surface area contributed by atoms with Gasteiger partial charge < -0.3 is 25.4 Å². The van der Waals surface area contributed by atoms with E-state index in [1.807, 2.05) is 11.0 Å². The second-order valence-electron chi connectivity index (χ2n) is 8.28. The van der Waals surface area contributed by atoms with E-state index in [1.165, 1.54) is 6.07 Å². The van der Waals surface area contributed by atoms with Gasteiger partial charge in [0, 0.05) is 45.0 Å². The number of H-pyrrole nitrogens is 1. The van der Waals surface area contributed by atoms with Gasteiger partial charge in [-0.25, -0.2) is 9.97 Å². The van der Waals surface area contributed by atoms with Gasteiger partial charge in [0.05, 0.1) is 22.2 Å². The van der Waals surface area contributed by atoms with E-state index in [0.29, 0.717) is 41.8 Å². The van der Waals surface area contributed by atoms with Crippen LogP contribution in [-0.4, -0.2) is 71.1 Å². The maximum Gasteiger partial charge on any atom is 0.294 e. The van der Waals surface area contributed by atoms with Crippen LogP contribution in [0, 0.1) is 10.1 Å². The number of nitro groups is 1. The number of hydrogen-bond acceptors (Lipinski definition) is 8. The van der Waals surface area contributed by atoms with Crippen LogP contribution in [0.2, 0.25) is 5.02 Å². The van der Waals surface area contributed by atoms with Crippen molar-refractivity contribution in [1.82, 2.24) is 19.9 Å². The van der Waals surface area contributed by atoms with Gasteiger partial charge in [-0.1, -0.05) is 17.7 Å². The van der Waals surface area contributed by atoms with E-state index in [2.05, 4.69) is 26.8 Å². The van der Waals surface area contributed by atoms with Crippen LogP contribution in [0.1, 0.15) is 18.7 Å². The number of imidazole rings is 1. The zero-order valence-electron chi connectivity index (χ0n) is 18.7. The highest BCUT2D eigenvalue weighted by atomic mass is 35.5. The molecule has 33 heavy (non-hydrogen) atoms. The van der Waals surface area contributed by atoms with E-state index < -0.39 is 4.92 Å². The molecule has 0 aliphatic carbocycles. The molecule has 3 heterocycles. The maximum atomic E-state index is 11.7. The Morgan fingerprint density at radius 3 is 2.76 bits per heavy atom. The van der Waals surface area contributed by atoms with Gasteiger partial charge in [0.25, 0.3) is 5.69 Å². The van der Waals surface area contributed by atoms with Gasteiger partial charge in [-0.05, 0) is 38.6 Å². The van der Waals surface area contributed by atoms with Crippen LogP contribution in [0.25, 0.3) is 11.2 Å². The molecule has 0 unspecified atom stereocenters. The number of halogens is 1. The third-order valence-corrected chi connectivity index (χ3v) is 6.27. The lowest BCUT2D eigenvalue weighted by Gasteiger charge is -2.34. The summed E-state index contributed by atoms with van der Waals surface area (Å²) in [6.45, 7) is 5.32. The summed E-state index contributed by atoms with van der Waals surface area (Å²) in [5.41, 5.74) is 8.64. The summed E-state index contributed by atoms with van der Waals surface area (Å²) < 4.78 is 0. The van der Waals surface area contributed by atoms with Crippen molar-refractivity contribution in [3.8, 4) is 0 Å². The molecule has 0 atom stereocenters. The highest BCUT2D eigenvalue weighted by Gasteiger charge is 2.24. The second kappa shape index (κ2) is 10.3. The third-order valence-electron chi connectivity index (χ3n) is 5.96. The van der Waals surface area contributed by atoms with Crippen LogP contribution in [0.15, 0.2) is 30.5 Å². The lowest BCUT2D eigenvalue weighted by atomic mass is 10.2. The Hall–Kier alpha value is -2.95. The van der Waals surface area contributed by atoms with E-state index >= 15 is 0 Å². The van der Waals surface area contributed by atoms with Crippen LogP contribution in [0.5, 0.6) is 0 Å². The lowest BCUT2D eigenvalue weighted by molar-refractivity contribution is -0.384. The minimum absolute atomic E-state index is 0.0254. The molecule has 1 aliphatic rings. The minimum atomic E-state index is -0.400. The molecule has 0 spiro atoms. The number of unbranched alkanes of at least 4 members (excludes halogenated alkanes) is 1. The first-order chi connectivity index (χ1) is 16.0. The number of hydrogen-bond donors (Lipinski definition) is 2. The largest absolute Gasteiger partial charge is 0.367 e. The number of rotatable bonds is 9. The van der Waals surface area contributed by atoms with Crippen LogP contribution >= 0.6 is 11.6 Å². The van der Waals surface area contributed by atoms with E-state index in [-0.39, 0.29) is 5.69 Å². The number of piperazine rings is 1. The highest BCUT2D eigenvalue weighted by molar-refractivity contribution is 6.33. The number of nitrogens with two attached hydrogens (primary N) is 1. The van der Waals surface area contributed by atoms with E-state index in [1.54, 1.807) is 18.3 Å². The van der Waals surface area contributed by atoms with Crippen molar-refractivity contribution < 1.29 is 4.92 Å². The van der Waals surface area contributed by atoms with Gasteiger partial charge in [0.1, 0.15) is 17.0 Å². The predicted octanol–water partition coefficient (Wildman–Crippen LogP) is 3.02. The van der Waals surface area contributed by atoms with Gasteiger partial charge in [-0.2, -0.15) is 0 Å². The standard InChI is InChI=1S/C22H29ClN8O2/c1-28-11-13-29(14-12-28)17-7-9-25-22-20(17)26-19(27-22)15-30(10-3-2-8-24)21-16(23)5-4-6-18(21)31(32)33/h4-7,9H,2-3,8,10-15,24H2,1H3,(H,25,26,27). The summed E-state index contributed by atoms with van der Waals surface area (Å²) in [6, 6.07) is 6.75. The number of aromatic nitrogens is 3. The smallest absolute Gasteiger partial charge is 0.294 e. The minimum Gasteiger partial charge on any atom is -0.367 e. The van der Waals surface area contributed by atoms with Crippen molar-refractivity contribution >= 4 is 39.8 Å². The van der Waals surface area contributed by atoms with Crippen molar-refractivity contribution in [1.29, 1.82) is 0 Å². The first-order valence-electron chi connectivity index (χ1n) is 11.1. The van der Waals surface area contributed by atoms with Crippen molar-refractivity contribution in [2.24, 2.45) is 5.73 Å². The number of likely N-dealkylation sites (N-methyl/N-ethyl adjacent to an activating group) is 1. The molecule has 3 N–H and O–H groups in total. The fraction of sp³-hybridized carbons (Fsp3) is 0.455. The van der Waals surface area contributed by atoms with Crippen molar-refractivity contribution in [2.45, 2.75) is 19.4 Å². The summed E-state index contributed by atoms with van der Waals surface area (Å²) in [4.78, 5) is 30.4. The summed E-state index contributed by atoms with van der Waals surface area (Å²) in [6.07, 6.45) is 3.37. The third kappa shape index (κ3) is 5.18. The Morgan fingerprint density at radius 1 is 1.24 bits per heavy atom. The van der Waals surface area contributed by atoms with Crippen molar-refractivity contribution in [3.05, 3.63) is 51.4 Å². The van der Waals surface area contributed by atoms with Gasteiger partial charge in [-0.15, -0.1) is 0 Å².